The van der Waals surface area contributed by atoms with Gasteiger partial charge in [0.05, 0.1) is 5.69 Å². The fourth-order valence-corrected chi connectivity index (χ4v) is 1.43. The van der Waals surface area contributed by atoms with Crippen LogP contribution < -0.4 is 0 Å². The Morgan fingerprint density at radius 1 is 1.33 bits per heavy atom. The van der Waals surface area contributed by atoms with Gasteiger partial charge in [0.2, 0.25) is 0 Å². The van der Waals surface area contributed by atoms with Crippen molar-refractivity contribution in [2.75, 3.05) is 0 Å². The summed E-state index contributed by atoms with van der Waals surface area (Å²) in [4.78, 5) is 10.6. The van der Waals surface area contributed by atoms with Crippen LogP contribution in [0, 0.1) is 0 Å². The molecule has 0 N–H and O–H groups in total. The normalized spacial score (nSPS) is 12.3. The van der Waals surface area contributed by atoms with E-state index in [2.05, 4.69) is 5.10 Å². The quantitative estimate of drug-likeness (QED) is 0.712. The van der Waals surface area contributed by atoms with E-state index in [-0.39, 0.29) is 5.92 Å². The Morgan fingerprint density at radius 2 is 2.07 bits per heavy atom. The van der Waals surface area contributed by atoms with Gasteiger partial charge in [0.15, 0.2) is 0 Å². The van der Waals surface area contributed by atoms with Crippen molar-refractivity contribution in [3.8, 4) is 5.69 Å². The average Bonchev–Trinajstić information content (AvgIpc) is 2.82. The first-order chi connectivity index (χ1) is 7.31. The molecule has 0 saturated carbocycles. The number of benzene rings is 1. The summed E-state index contributed by atoms with van der Waals surface area (Å²) in [6, 6.07) is 9.71. The van der Waals surface area contributed by atoms with Crippen LogP contribution in [0.25, 0.3) is 5.69 Å². The van der Waals surface area contributed by atoms with Crippen LogP contribution in [0.1, 0.15) is 18.4 Å². The lowest BCUT2D eigenvalue weighted by Gasteiger charge is -2.05. The van der Waals surface area contributed by atoms with Crippen LogP contribution >= 0.6 is 0 Å². The molecule has 2 aromatic rings. The summed E-state index contributed by atoms with van der Waals surface area (Å²) in [7, 11) is 0. The maximum absolute atomic E-state index is 10.6. The number of nitrogens with zero attached hydrogens (tertiary/aromatic N) is 2. The first kappa shape index (κ1) is 9.65. The van der Waals surface area contributed by atoms with E-state index in [1.54, 1.807) is 10.9 Å². The van der Waals surface area contributed by atoms with Gasteiger partial charge in [0.25, 0.3) is 0 Å². The summed E-state index contributed by atoms with van der Waals surface area (Å²) < 4.78 is 1.79. The lowest BCUT2D eigenvalue weighted by Crippen LogP contribution is -1.97. The molecular formula is C12H12N2O. The van der Waals surface area contributed by atoms with Gasteiger partial charge in [-0.25, -0.2) is 4.68 Å². The standard InChI is InChI=1S/C12H12N2O/c1-10(9-15)11-3-5-12(6-4-11)14-8-2-7-13-14/h2-10H,1H3. The highest BCUT2D eigenvalue weighted by Crippen LogP contribution is 2.15. The highest BCUT2D eigenvalue weighted by molar-refractivity contribution is 5.61. The molecule has 1 heterocycles. The molecule has 1 aromatic heterocycles. The zero-order valence-electron chi connectivity index (χ0n) is 8.50. The lowest BCUT2D eigenvalue weighted by atomic mass is 10.0. The van der Waals surface area contributed by atoms with Gasteiger partial charge >= 0.3 is 0 Å². The zero-order valence-corrected chi connectivity index (χ0v) is 8.50. The highest BCUT2D eigenvalue weighted by Gasteiger charge is 2.03. The molecule has 0 aliphatic carbocycles. The molecule has 2 rings (SSSR count). The smallest absolute Gasteiger partial charge is 0.127 e. The van der Waals surface area contributed by atoms with Crippen LogP contribution in [0.2, 0.25) is 0 Å². The number of rotatable bonds is 3. The van der Waals surface area contributed by atoms with Crippen molar-refractivity contribution in [1.82, 2.24) is 9.78 Å². The molecule has 3 heteroatoms. The fourth-order valence-electron chi connectivity index (χ4n) is 1.43. The van der Waals surface area contributed by atoms with Gasteiger partial charge in [0.1, 0.15) is 6.29 Å². The minimum Gasteiger partial charge on any atom is -0.303 e. The number of aromatic nitrogens is 2. The minimum absolute atomic E-state index is 0.0447. The Kier molecular flexibility index (Phi) is 2.63. The molecule has 0 amide bonds. The number of hydrogen-bond donors (Lipinski definition) is 0. The summed E-state index contributed by atoms with van der Waals surface area (Å²) in [5.41, 5.74) is 2.03. The Hall–Kier alpha value is -1.90. The van der Waals surface area contributed by atoms with Crippen molar-refractivity contribution in [3.63, 3.8) is 0 Å². The van der Waals surface area contributed by atoms with E-state index >= 15 is 0 Å². The SMILES string of the molecule is CC(C=O)c1ccc(-n2cccn2)cc1. The molecule has 0 spiro atoms. The molecular weight excluding hydrogens is 188 g/mol. The monoisotopic (exact) mass is 200 g/mol. The molecule has 0 fully saturated rings. The second kappa shape index (κ2) is 4.09. The van der Waals surface area contributed by atoms with Gasteiger partial charge in [-0.3, -0.25) is 0 Å². The molecule has 1 atom stereocenters. The van der Waals surface area contributed by atoms with E-state index in [0.29, 0.717) is 0 Å². The summed E-state index contributed by atoms with van der Waals surface area (Å²) in [6.07, 6.45) is 4.57. The Labute approximate surface area is 88.4 Å². The second-order valence-electron chi connectivity index (χ2n) is 3.47. The molecule has 76 valence electrons. The van der Waals surface area contributed by atoms with E-state index < -0.39 is 0 Å². The van der Waals surface area contributed by atoms with Crippen LogP contribution in [0.15, 0.2) is 42.7 Å². The average molecular weight is 200 g/mol. The third-order valence-corrected chi connectivity index (χ3v) is 2.39. The van der Waals surface area contributed by atoms with Crippen LogP contribution in [-0.4, -0.2) is 16.1 Å². The summed E-state index contributed by atoms with van der Waals surface area (Å²) >= 11 is 0. The third kappa shape index (κ3) is 1.96. The van der Waals surface area contributed by atoms with Crippen LogP contribution in [0.4, 0.5) is 0 Å². The molecule has 0 bridgehead atoms. The van der Waals surface area contributed by atoms with E-state index in [9.17, 15) is 4.79 Å². The van der Waals surface area contributed by atoms with Crippen LogP contribution in [0.3, 0.4) is 0 Å². The van der Waals surface area contributed by atoms with E-state index in [1.165, 1.54) is 0 Å². The zero-order chi connectivity index (χ0) is 10.7. The molecule has 1 aromatic carbocycles. The summed E-state index contributed by atoms with van der Waals surface area (Å²) in [6.45, 7) is 1.88. The highest BCUT2D eigenvalue weighted by atomic mass is 16.1. The molecule has 1 unspecified atom stereocenters. The number of hydrogen-bond acceptors (Lipinski definition) is 2. The van der Waals surface area contributed by atoms with Gasteiger partial charge < -0.3 is 4.79 Å². The predicted octanol–water partition coefficient (Wildman–Crippen LogP) is 2.17. The third-order valence-electron chi connectivity index (χ3n) is 2.39. The molecule has 0 saturated heterocycles. The van der Waals surface area contributed by atoms with Crippen LogP contribution in [0.5, 0.6) is 0 Å². The van der Waals surface area contributed by atoms with Gasteiger partial charge in [-0.05, 0) is 23.8 Å². The topological polar surface area (TPSA) is 34.9 Å². The van der Waals surface area contributed by atoms with Crippen molar-refractivity contribution in [2.45, 2.75) is 12.8 Å². The molecule has 3 nitrogen and oxygen atoms in total. The largest absolute Gasteiger partial charge is 0.303 e. The maximum Gasteiger partial charge on any atom is 0.127 e. The number of aldehydes is 1. The van der Waals surface area contributed by atoms with Crippen molar-refractivity contribution in [3.05, 3.63) is 48.3 Å². The van der Waals surface area contributed by atoms with E-state index in [4.69, 9.17) is 0 Å². The molecule has 0 aliphatic rings. The Bertz CT molecular complexity index is 431. The second-order valence-corrected chi connectivity index (χ2v) is 3.47. The number of carbonyl (C=O) groups excluding carboxylic acids is 1. The minimum atomic E-state index is -0.0447. The first-order valence-electron chi connectivity index (χ1n) is 4.86. The molecule has 0 aliphatic heterocycles. The van der Waals surface area contributed by atoms with Gasteiger partial charge in [0, 0.05) is 18.3 Å². The van der Waals surface area contributed by atoms with Crippen molar-refractivity contribution in [1.29, 1.82) is 0 Å². The number of carbonyl (C=O) groups is 1. The van der Waals surface area contributed by atoms with Gasteiger partial charge in [-0.2, -0.15) is 5.10 Å². The summed E-state index contributed by atoms with van der Waals surface area (Å²) in [5.74, 6) is -0.0447. The van der Waals surface area contributed by atoms with E-state index in [0.717, 1.165) is 17.5 Å². The molecule has 0 radical (unpaired) electrons. The Balaban J connectivity index is 2.28. The van der Waals surface area contributed by atoms with Crippen LogP contribution in [-0.2, 0) is 4.79 Å². The Morgan fingerprint density at radius 3 is 2.60 bits per heavy atom. The lowest BCUT2D eigenvalue weighted by molar-refractivity contribution is -0.108. The fraction of sp³-hybridized carbons (Fsp3) is 0.167. The van der Waals surface area contributed by atoms with Crippen molar-refractivity contribution in [2.24, 2.45) is 0 Å². The summed E-state index contributed by atoms with van der Waals surface area (Å²) in [5, 5.41) is 4.13. The van der Waals surface area contributed by atoms with E-state index in [1.807, 2.05) is 43.5 Å². The first-order valence-corrected chi connectivity index (χ1v) is 4.86. The maximum atomic E-state index is 10.6. The molecule has 15 heavy (non-hydrogen) atoms. The van der Waals surface area contributed by atoms with Gasteiger partial charge in [-0.1, -0.05) is 19.1 Å². The van der Waals surface area contributed by atoms with Crippen molar-refractivity contribution < 1.29 is 4.79 Å². The predicted molar refractivity (Wildman–Crippen MR) is 58.0 cm³/mol. The van der Waals surface area contributed by atoms with Gasteiger partial charge in [-0.15, -0.1) is 0 Å². The van der Waals surface area contributed by atoms with Crippen molar-refractivity contribution >= 4 is 6.29 Å².